The molecule has 0 spiro atoms. The number of amides is 2. The summed E-state index contributed by atoms with van der Waals surface area (Å²) in [5.74, 6) is -2.73. The topological polar surface area (TPSA) is 155 Å². The molecule has 1 aromatic heterocycles. The summed E-state index contributed by atoms with van der Waals surface area (Å²) < 4.78 is 27.4. The number of hydrogen-bond donors (Lipinski definition) is 3. The van der Waals surface area contributed by atoms with Crippen LogP contribution in [0.2, 0.25) is 5.02 Å². The molecule has 2 aliphatic rings. The van der Waals surface area contributed by atoms with Crippen molar-refractivity contribution >= 4 is 39.4 Å². The number of aromatic nitrogens is 1. The number of fused-ring (bicyclic) bond motifs is 1. The van der Waals surface area contributed by atoms with Crippen LogP contribution in [0.1, 0.15) is 70.3 Å². The van der Waals surface area contributed by atoms with Gasteiger partial charge in [-0.05, 0) is 47.2 Å². The number of nitrogens with one attached hydrogen (secondary N) is 2. The van der Waals surface area contributed by atoms with Gasteiger partial charge in [0, 0.05) is 30.0 Å². The van der Waals surface area contributed by atoms with Crippen LogP contribution in [0.15, 0.2) is 67.0 Å². The number of benzene rings is 2. The first-order valence-electron chi connectivity index (χ1n) is 14.2. The Bertz CT molecular complexity index is 1650. The molecule has 2 aromatic carbocycles. The van der Waals surface area contributed by atoms with Crippen molar-refractivity contribution in [3.8, 4) is 0 Å². The van der Waals surface area contributed by atoms with Gasteiger partial charge in [-0.1, -0.05) is 66.9 Å². The summed E-state index contributed by atoms with van der Waals surface area (Å²) in [4.78, 5) is 50.6. The molecule has 13 heteroatoms. The van der Waals surface area contributed by atoms with Crippen molar-refractivity contribution < 1.29 is 32.7 Å². The molecular formula is C31H33ClN4O7S. The molecule has 1 fully saturated rings. The fourth-order valence-corrected chi connectivity index (χ4v) is 7.25. The summed E-state index contributed by atoms with van der Waals surface area (Å²) in [6.45, 7) is 0.0137. The molecule has 0 unspecified atom stereocenters. The Balaban J connectivity index is 1.50. The van der Waals surface area contributed by atoms with Gasteiger partial charge in [-0.15, -0.1) is 0 Å². The molecule has 2 heterocycles. The summed E-state index contributed by atoms with van der Waals surface area (Å²) in [5, 5.41) is 9.26. The Kier molecular flexibility index (Phi) is 9.64. The lowest BCUT2D eigenvalue weighted by Gasteiger charge is -2.49. The van der Waals surface area contributed by atoms with Crippen molar-refractivity contribution in [3.05, 3.63) is 99.8 Å². The maximum Gasteiger partial charge on any atom is 0.307 e. The average Bonchev–Trinajstić information content (AvgIpc) is 2.98. The second kappa shape index (κ2) is 13.4. The molecule has 2 amide bonds. The maximum atomic E-state index is 14.3. The zero-order valence-electron chi connectivity index (χ0n) is 24.0. The van der Waals surface area contributed by atoms with Crippen LogP contribution >= 0.6 is 11.6 Å². The number of carbonyl (C=O) groups is 3. The Hall–Kier alpha value is -3.84. The van der Waals surface area contributed by atoms with E-state index in [1.807, 2.05) is 0 Å². The summed E-state index contributed by atoms with van der Waals surface area (Å²) in [7, 11) is -3.59. The summed E-state index contributed by atoms with van der Waals surface area (Å²) in [5.41, 5.74) is 5.24. The van der Waals surface area contributed by atoms with Crippen LogP contribution in [0.3, 0.4) is 0 Å². The van der Waals surface area contributed by atoms with Crippen LogP contribution in [0.25, 0.3) is 0 Å². The number of carboxylic acids is 1. The number of aliphatic carboxylic acids is 1. The van der Waals surface area contributed by atoms with Crippen molar-refractivity contribution in [3.63, 3.8) is 0 Å². The van der Waals surface area contributed by atoms with Crippen molar-refractivity contribution in [2.75, 3.05) is 6.26 Å². The number of sulfonamides is 1. The second-order valence-corrected chi connectivity index (χ2v) is 13.3. The van der Waals surface area contributed by atoms with Crippen molar-refractivity contribution in [1.29, 1.82) is 0 Å². The third kappa shape index (κ3) is 7.10. The first kappa shape index (κ1) is 31.6. The van der Waals surface area contributed by atoms with E-state index in [4.69, 9.17) is 21.5 Å². The van der Waals surface area contributed by atoms with Crippen molar-refractivity contribution in [2.45, 2.75) is 62.8 Å². The number of rotatable bonds is 10. The fourth-order valence-electron chi connectivity index (χ4n) is 6.19. The van der Waals surface area contributed by atoms with E-state index in [1.165, 1.54) is 12.4 Å². The highest BCUT2D eigenvalue weighted by molar-refractivity contribution is 7.88. The largest absolute Gasteiger partial charge is 0.481 e. The highest BCUT2D eigenvalue weighted by Crippen LogP contribution is 2.47. The molecule has 4 atom stereocenters. The molecule has 1 aliphatic heterocycles. The predicted molar refractivity (Wildman–Crippen MR) is 162 cm³/mol. The third-order valence-corrected chi connectivity index (χ3v) is 9.07. The van der Waals surface area contributed by atoms with Crippen LogP contribution in [0.5, 0.6) is 0 Å². The van der Waals surface area contributed by atoms with Gasteiger partial charge in [0.05, 0.1) is 36.3 Å². The summed E-state index contributed by atoms with van der Waals surface area (Å²) >= 11 is 6.67. The van der Waals surface area contributed by atoms with Crippen LogP contribution in [0, 0.1) is 0 Å². The van der Waals surface area contributed by atoms with E-state index in [1.54, 1.807) is 59.5 Å². The zero-order valence-corrected chi connectivity index (χ0v) is 25.6. The molecule has 3 N–H and O–H groups in total. The van der Waals surface area contributed by atoms with Crippen LogP contribution in [0.4, 0.5) is 0 Å². The minimum Gasteiger partial charge on any atom is -0.481 e. The van der Waals surface area contributed by atoms with Gasteiger partial charge in [0.15, 0.2) is 0 Å². The number of hydrogen-bond acceptors (Lipinski definition) is 7. The van der Waals surface area contributed by atoms with Gasteiger partial charge in [0.1, 0.15) is 0 Å². The lowest BCUT2D eigenvalue weighted by Crippen LogP contribution is -2.59. The van der Waals surface area contributed by atoms with Crippen molar-refractivity contribution in [2.24, 2.45) is 0 Å². The molecule has 0 saturated heterocycles. The Morgan fingerprint density at radius 3 is 2.45 bits per heavy atom. The molecule has 44 heavy (non-hydrogen) atoms. The number of nitrogens with zero attached hydrogens (tertiary/aromatic N) is 2. The van der Waals surface area contributed by atoms with E-state index in [2.05, 4.69) is 15.2 Å². The normalized spacial score (nSPS) is 21.9. The average molecular weight is 641 g/mol. The number of hydroxylamine groups is 1. The predicted octanol–water partition coefficient (Wildman–Crippen LogP) is 3.75. The third-order valence-electron chi connectivity index (χ3n) is 8.02. The molecule has 3 aromatic rings. The molecule has 5 rings (SSSR count). The molecule has 232 valence electrons. The Morgan fingerprint density at radius 2 is 1.75 bits per heavy atom. The summed E-state index contributed by atoms with van der Waals surface area (Å²) in [6.07, 6.45) is 6.61. The van der Waals surface area contributed by atoms with Gasteiger partial charge in [-0.2, -0.15) is 0 Å². The van der Waals surface area contributed by atoms with Crippen LogP contribution in [-0.2, 0) is 37.5 Å². The van der Waals surface area contributed by atoms with E-state index >= 15 is 0 Å². The molecule has 11 nitrogen and oxygen atoms in total. The number of carbonyl (C=O) groups excluding carboxylic acids is 2. The molecule has 1 saturated carbocycles. The minimum absolute atomic E-state index is 0.0137. The van der Waals surface area contributed by atoms with E-state index in [0.717, 1.165) is 19.1 Å². The second-order valence-electron chi connectivity index (χ2n) is 11.1. The van der Waals surface area contributed by atoms with E-state index in [-0.39, 0.29) is 24.0 Å². The molecule has 0 radical (unpaired) electrons. The van der Waals surface area contributed by atoms with Crippen LogP contribution in [-0.4, -0.2) is 59.5 Å². The maximum absolute atomic E-state index is 14.3. The first-order chi connectivity index (χ1) is 21.0. The lowest BCUT2D eigenvalue weighted by molar-refractivity contribution is -0.138. The zero-order chi connectivity index (χ0) is 31.4. The minimum atomic E-state index is -3.59. The number of halogens is 1. The van der Waals surface area contributed by atoms with Crippen LogP contribution < -0.4 is 10.2 Å². The number of carboxylic acid groups (broad SMARTS) is 1. The quantitative estimate of drug-likeness (QED) is 0.283. The lowest BCUT2D eigenvalue weighted by atomic mass is 9.76. The highest BCUT2D eigenvalue weighted by atomic mass is 35.5. The van der Waals surface area contributed by atoms with Gasteiger partial charge in [0.25, 0.3) is 11.8 Å². The molecule has 0 bridgehead atoms. The SMILES string of the molecule is CS(=O)(=O)N[C@H]1CCCC[C@@H]1N1C(=O)c2ccccc2[C@@H](C(=O)NOCc2ccc(CC(=O)O)cc2)[C@@H]1c1ccncc1Cl. The van der Waals surface area contributed by atoms with Gasteiger partial charge < -0.3 is 10.0 Å². The fraction of sp³-hybridized carbons (Fsp3) is 0.355. The van der Waals surface area contributed by atoms with E-state index in [9.17, 15) is 22.8 Å². The van der Waals surface area contributed by atoms with Crippen molar-refractivity contribution in [1.82, 2.24) is 20.1 Å². The smallest absolute Gasteiger partial charge is 0.307 e. The summed E-state index contributed by atoms with van der Waals surface area (Å²) in [6, 6.07) is 13.3. The van der Waals surface area contributed by atoms with Gasteiger partial charge in [0.2, 0.25) is 10.0 Å². The first-order valence-corrected chi connectivity index (χ1v) is 16.5. The Labute approximate surface area is 260 Å². The Morgan fingerprint density at radius 1 is 1.05 bits per heavy atom. The molecule has 1 aliphatic carbocycles. The number of pyridine rings is 1. The van der Waals surface area contributed by atoms with Gasteiger partial charge >= 0.3 is 5.97 Å². The van der Waals surface area contributed by atoms with Gasteiger partial charge in [-0.3, -0.25) is 24.2 Å². The monoisotopic (exact) mass is 640 g/mol. The standard InChI is InChI=1S/C31H33ClN4O7S/c1-44(41,42)35-25-8-4-5-9-26(25)36-29(23-14-15-33-17-24(23)32)28(21-6-2-3-7-22(21)31(36)40)30(39)34-43-18-20-12-10-19(11-13-20)16-27(37)38/h2-3,6-7,10-15,17,25-26,28-29,35H,4-5,8-9,16,18H2,1H3,(H,34,39)(H,37,38)/t25-,26-,28+,29-/m0/s1. The molecular weight excluding hydrogens is 608 g/mol. The highest BCUT2D eigenvalue weighted by Gasteiger charge is 2.49. The van der Waals surface area contributed by atoms with E-state index in [0.29, 0.717) is 40.7 Å². The van der Waals surface area contributed by atoms with E-state index < -0.39 is 45.9 Å². The van der Waals surface area contributed by atoms with Gasteiger partial charge in [-0.25, -0.2) is 18.6 Å².